The number of carbonyl (C=O) groups is 2. The van der Waals surface area contributed by atoms with Crippen molar-refractivity contribution >= 4 is 50.6 Å². The Morgan fingerprint density at radius 1 is 1.14 bits per heavy atom. The Labute approximate surface area is 209 Å². The van der Waals surface area contributed by atoms with Crippen LogP contribution in [0.1, 0.15) is 37.4 Å². The van der Waals surface area contributed by atoms with Crippen LogP contribution in [-0.2, 0) is 19.5 Å². The van der Waals surface area contributed by atoms with Gasteiger partial charge in [0.2, 0.25) is 5.78 Å². The number of ether oxygens (including phenoxy) is 4. The molecule has 35 heavy (non-hydrogen) atoms. The molecule has 1 N–H and O–H groups in total. The number of methoxy groups -OCH3 is 4. The Hall–Kier alpha value is -3.13. The number of halogens is 1. The highest BCUT2D eigenvalue weighted by molar-refractivity contribution is 7.93. The van der Waals surface area contributed by atoms with Crippen molar-refractivity contribution in [2.75, 3.05) is 33.2 Å². The van der Waals surface area contributed by atoms with Crippen LogP contribution in [0.2, 0.25) is 5.02 Å². The molecule has 2 aromatic heterocycles. The summed E-state index contributed by atoms with van der Waals surface area (Å²) in [6.07, 6.45) is -1.38. The van der Waals surface area contributed by atoms with Gasteiger partial charge >= 0.3 is 5.97 Å². The van der Waals surface area contributed by atoms with Crippen molar-refractivity contribution in [2.45, 2.75) is 17.9 Å². The topological polar surface area (TPSA) is 143 Å². The van der Waals surface area contributed by atoms with Gasteiger partial charge in [-0.15, -0.1) is 11.3 Å². The van der Waals surface area contributed by atoms with Gasteiger partial charge < -0.3 is 23.5 Å². The average Bonchev–Trinajstić information content (AvgIpc) is 3.47. The predicted octanol–water partition coefficient (Wildman–Crippen LogP) is 3.87. The van der Waals surface area contributed by atoms with E-state index in [0.717, 1.165) is 11.3 Å². The number of aromatic nitrogens is 1. The maximum absolute atomic E-state index is 13.6. The molecule has 188 valence electrons. The number of hydrogen-bond donors (Lipinski definition) is 1. The maximum Gasteiger partial charge on any atom is 0.338 e. The predicted molar refractivity (Wildman–Crippen MR) is 126 cm³/mol. The fraction of sp³-hybridized carbons (Fsp3) is 0.286. The van der Waals surface area contributed by atoms with Crippen LogP contribution in [0.25, 0.3) is 0 Å². The molecule has 0 aliphatic rings. The summed E-state index contributed by atoms with van der Waals surface area (Å²) in [7, 11) is 0.891. The van der Waals surface area contributed by atoms with Crippen molar-refractivity contribution in [3.8, 4) is 11.5 Å². The number of hydrogen-bond acceptors (Lipinski definition) is 11. The second kappa shape index (κ2) is 10.6. The van der Waals surface area contributed by atoms with Crippen LogP contribution in [0.15, 0.2) is 33.0 Å². The summed E-state index contributed by atoms with van der Waals surface area (Å²) < 4.78 is 54.0. The lowest BCUT2D eigenvalue weighted by Gasteiger charge is -2.20. The molecule has 0 radical (unpaired) electrons. The van der Waals surface area contributed by atoms with E-state index in [1.165, 1.54) is 58.9 Å². The van der Waals surface area contributed by atoms with Gasteiger partial charge in [-0.25, -0.2) is 17.9 Å². The molecule has 1 aromatic carbocycles. The number of thiophene rings is 1. The van der Waals surface area contributed by atoms with Crippen molar-refractivity contribution < 1.29 is 41.5 Å². The number of esters is 1. The number of carbonyl (C=O) groups excluding carboxylic acids is 2. The van der Waals surface area contributed by atoms with Gasteiger partial charge in [0.25, 0.3) is 15.9 Å². The van der Waals surface area contributed by atoms with Crippen molar-refractivity contribution in [1.29, 1.82) is 0 Å². The molecule has 0 saturated heterocycles. The van der Waals surface area contributed by atoms with E-state index in [9.17, 15) is 18.0 Å². The highest BCUT2D eigenvalue weighted by Crippen LogP contribution is 2.38. The van der Waals surface area contributed by atoms with Crippen molar-refractivity contribution in [3.63, 3.8) is 0 Å². The molecule has 0 aliphatic carbocycles. The minimum atomic E-state index is -4.30. The number of rotatable bonds is 10. The lowest BCUT2D eigenvalue weighted by molar-refractivity contribution is 0.0557. The molecule has 14 heteroatoms. The van der Waals surface area contributed by atoms with Crippen LogP contribution >= 0.6 is 22.9 Å². The Morgan fingerprint density at radius 3 is 2.34 bits per heavy atom. The number of nitrogens with one attached hydrogen (secondary N) is 1. The largest absolute Gasteiger partial charge is 0.493 e. The first kappa shape index (κ1) is 26.5. The highest BCUT2D eigenvalue weighted by Gasteiger charge is 2.34. The number of sulfonamides is 1. The Bertz CT molecular complexity index is 1370. The monoisotopic (exact) mass is 544 g/mol. The van der Waals surface area contributed by atoms with Gasteiger partial charge in [-0.3, -0.25) is 4.79 Å². The first-order chi connectivity index (χ1) is 16.6. The molecule has 3 rings (SSSR count). The van der Waals surface area contributed by atoms with Crippen LogP contribution in [0.4, 0.5) is 5.88 Å². The summed E-state index contributed by atoms with van der Waals surface area (Å²) in [5.74, 6) is -1.32. The number of anilines is 1. The number of benzene rings is 1. The van der Waals surface area contributed by atoms with Gasteiger partial charge in [0.15, 0.2) is 11.5 Å². The second-order valence-electron chi connectivity index (χ2n) is 6.90. The zero-order valence-corrected chi connectivity index (χ0v) is 21.6. The van der Waals surface area contributed by atoms with Crippen LogP contribution in [0.3, 0.4) is 0 Å². The summed E-state index contributed by atoms with van der Waals surface area (Å²) in [6.45, 7) is 1.54. The Morgan fingerprint density at radius 2 is 1.80 bits per heavy atom. The van der Waals surface area contributed by atoms with Crippen LogP contribution < -0.4 is 14.2 Å². The molecular formula is C21H21ClN2O9S2. The number of nitrogens with zero attached hydrogens (tertiary/aromatic N) is 1. The Kier molecular flexibility index (Phi) is 8.05. The molecule has 0 saturated carbocycles. The van der Waals surface area contributed by atoms with Crippen molar-refractivity contribution in [2.24, 2.45) is 0 Å². The summed E-state index contributed by atoms with van der Waals surface area (Å²) in [5, 5.41) is 5.01. The van der Waals surface area contributed by atoms with E-state index in [0.29, 0.717) is 0 Å². The van der Waals surface area contributed by atoms with E-state index in [1.807, 2.05) is 0 Å². The first-order valence-electron chi connectivity index (χ1n) is 9.72. The smallest absolute Gasteiger partial charge is 0.338 e. The minimum Gasteiger partial charge on any atom is -0.493 e. The standard InChI is InChI=1S/C21H21ClN2O9S2/c1-10-16(22)20(33-23-10)24-35(27,28)15-6-7-34-19(15)17(25)18(31-4)11-8-13(29-2)14(30-3)9-12(11)21(26)32-5/h6-9,18,24H,1-5H3. The van der Waals surface area contributed by atoms with E-state index in [4.69, 9.17) is 35.1 Å². The molecular weight excluding hydrogens is 524 g/mol. The molecule has 0 bridgehead atoms. The quantitative estimate of drug-likeness (QED) is 0.295. The van der Waals surface area contributed by atoms with Gasteiger partial charge in [-0.05, 0) is 30.5 Å². The van der Waals surface area contributed by atoms with Crippen molar-refractivity contribution in [3.05, 3.63) is 50.3 Å². The van der Waals surface area contributed by atoms with Gasteiger partial charge in [0.05, 0.1) is 31.8 Å². The van der Waals surface area contributed by atoms with Gasteiger partial charge in [0.1, 0.15) is 21.7 Å². The Balaban J connectivity index is 2.08. The minimum absolute atomic E-state index is 0.0144. The zero-order valence-electron chi connectivity index (χ0n) is 19.2. The normalized spacial score (nSPS) is 12.2. The number of Topliss-reactive ketones (excluding diaryl/α,β-unsaturated/α-hetero) is 1. The molecule has 11 nitrogen and oxygen atoms in total. The lowest BCUT2D eigenvalue weighted by atomic mass is 9.97. The van der Waals surface area contributed by atoms with E-state index >= 15 is 0 Å². The number of ketones is 1. The van der Waals surface area contributed by atoms with Gasteiger partial charge in [0, 0.05) is 12.7 Å². The third-order valence-electron chi connectivity index (χ3n) is 4.88. The fourth-order valence-corrected chi connectivity index (χ4v) is 5.75. The molecule has 1 unspecified atom stereocenters. The van der Waals surface area contributed by atoms with E-state index < -0.39 is 27.9 Å². The molecule has 2 heterocycles. The maximum atomic E-state index is 13.6. The summed E-state index contributed by atoms with van der Waals surface area (Å²) >= 11 is 6.89. The van der Waals surface area contributed by atoms with Gasteiger partial charge in [-0.1, -0.05) is 16.8 Å². The molecule has 0 fully saturated rings. The first-order valence-corrected chi connectivity index (χ1v) is 12.5. The summed E-state index contributed by atoms with van der Waals surface area (Å²) in [4.78, 5) is 25.5. The molecule has 0 amide bonds. The molecule has 0 aliphatic heterocycles. The van der Waals surface area contributed by atoms with E-state index in [1.54, 1.807) is 0 Å². The van der Waals surface area contributed by atoms with Crippen LogP contribution in [0.5, 0.6) is 11.5 Å². The zero-order chi connectivity index (χ0) is 25.9. The molecule has 1 atom stereocenters. The molecule has 0 spiro atoms. The molecule has 3 aromatic rings. The third-order valence-corrected chi connectivity index (χ3v) is 7.75. The summed E-state index contributed by atoms with van der Waals surface area (Å²) in [6, 6.07) is 4.00. The average molecular weight is 545 g/mol. The highest BCUT2D eigenvalue weighted by atomic mass is 35.5. The third kappa shape index (κ3) is 5.12. The number of aryl methyl sites for hydroxylation is 1. The second-order valence-corrected chi connectivity index (χ2v) is 9.84. The van der Waals surface area contributed by atoms with Gasteiger partial charge in [-0.2, -0.15) is 0 Å². The summed E-state index contributed by atoms with van der Waals surface area (Å²) in [5.41, 5.74) is 0.364. The van der Waals surface area contributed by atoms with Crippen LogP contribution in [-0.4, -0.2) is 53.8 Å². The lowest BCUT2D eigenvalue weighted by Crippen LogP contribution is -2.21. The fourth-order valence-electron chi connectivity index (χ4n) is 3.18. The van der Waals surface area contributed by atoms with E-state index in [2.05, 4.69) is 9.88 Å². The van der Waals surface area contributed by atoms with Crippen molar-refractivity contribution in [1.82, 2.24) is 5.16 Å². The van der Waals surface area contributed by atoms with Crippen LogP contribution in [0, 0.1) is 6.92 Å². The SMILES string of the molecule is COC(=O)c1cc(OC)c(OC)cc1C(OC)C(=O)c1sccc1S(=O)(=O)Nc1onc(C)c1Cl. The van der Waals surface area contributed by atoms with E-state index in [-0.39, 0.29) is 49.0 Å².